The minimum Gasteiger partial charge on any atom is -0.344 e. The van der Waals surface area contributed by atoms with Gasteiger partial charge in [0.05, 0.1) is 0 Å². The Morgan fingerprint density at radius 1 is 1.25 bits per heavy atom. The Kier molecular flexibility index (Phi) is 2.74. The van der Waals surface area contributed by atoms with Crippen LogP contribution in [-0.4, -0.2) is 6.41 Å². The van der Waals surface area contributed by atoms with E-state index in [-0.39, 0.29) is 6.54 Å². The van der Waals surface area contributed by atoms with Gasteiger partial charge in [0, 0.05) is 12.6 Å². The molecule has 1 amide bonds. The van der Waals surface area contributed by atoms with Gasteiger partial charge in [0.1, 0.15) is 11.6 Å². The van der Waals surface area contributed by atoms with Crippen molar-refractivity contribution in [2.75, 3.05) is 0 Å². The van der Waals surface area contributed by atoms with Gasteiger partial charge in [-0.2, -0.15) is 0 Å². The lowest BCUT2D eigenvalue weighted by Gasteiger charge is -1.99. The van der Waals surface area contributed by atoms with E-state index in [0.29, 0.717) is 5.56 Å². The highest BCUT2D eigenvalue weighted by Crippen LogP contribution is 2.06. The molecule has 0 fully saturated rings. The Bertz CT molecular complexity index is 268. The number of nitrogens with one attached hydrogen (secondary N) is 1. The Balaban J connectivity index is 2.78. The highest BCUT2D eigenvalue weighted by Gasteiger charge is 1.99. The number of benzene rings is 1. The summed E-state index contributed by atoms with van der Waals surface area (Å²) < 4.78 is 25.0. The third-order valence-electron chi connectivity index (χ3n) is 1.29. The smallest absolute Gasteiger partial charge is 0.309 e. The lowest BCUT2D eigenvalue weighted by atomic mass is 10.2. The van der Waals surface area contributed by atoms with Gasteiger partial charge in [-0.05, 0) is 17.7 Å². The number of amides is 1. The van der Waals surface area contributed by atoms with Gasteiger partial charge >= 0.3 is 6.41 Å². The van der Waals surface area contributed by atoms with Crippen molar-refractivity contribution in [3.63, 3.8) is 0 Å². The van der Waals surface area contributed by atoms with Crippen molar-refractivity contribution in [3.8, 4) is 0 Å². The van der Waals surface area contributed by atoms with Crippen molar-refractivity contribution >= 4 is 6.41 Å². The van der Waals surface area contributed by atoms with Gasteiger partial charge in [-0.3, -0.25) is 4.79 Å². The molecular weight excluding hydrogens is 164 g/mol. The maximum Gasteiger partial charge on any atom is 0.309 e. The fraction of sp³-hybridized carbons (Fsp3) is 0.125. The van der Waals surface area contributed by atoms with Crippen molar-refractivity contribution in [3.05, 3.63) is 35.4 Å². The van der Waals surface area contributed by atoms with E-state index in [0.717, 1.165) is 18.2 Å². The molecule has 0 aliphatic carbocycles. The molecule has 0 heterocycles. The minimum absolute atomic E-state index is 0.0815. The van der Waals surface area contributed by atoms with Crippen LogP contribution in [0.4, 0.5) is 8.78 Å². The van der Waals surface area contributed by atoms with Gasteiger partial charge in [-0.15, -0.1) is 0 Å². The second kappa shape index (κ2) is 3.80. The molecule has 4 heteroatoms. The first kappa shape index (κ1) is 8.64. The monoisotopic (exact) mass is 170 g/mol. The maximum atomic E-state index is 12.5. The molecule has 1 N–H and O–H groups in total. The Morgan fingerprint density at radius 3 is 2.33 bits per heavy atom. The van der Waals surface area contributed by atoms with Crippen LogP contribution in [0, 0.1) is 11.6 Å². The second-order valence-electron chi connectivity index (χ2n) is 2.23. The summed E-state index contributed by atoms with van der Waals surface area (Å²) >= 11 is 0. The summed E-state index contributed by atoms with van der Waals surface area (Å²) in [4.78, 5) is 9.72. The number of hydrogen-bond donors (Lipinski definition) is 1. The van der Waals surface area contributed by atoms with Crippen molar-refractivity contribution < 1.29 is 13.6 Å². The first-order valence-electron chi connectivity index (χ1n) is 3.27. The molecular formula is C8H6F2NO. The summed E-state index contributed by atoms with van der Waals surface area (Å²) in [6, 6.07) is 3.06. The molecule has 2 nitrogen and oxygen atoms in total. The van der Waals surface area contributed by atoms with Gasteiger partial charge in [0.15, 0.2) is 0 Å². The fourth-order valence-electron chi connectivity index (χ4n) is 0.851. The standard InChI is InChI=1S/C8H6F2NO/c9-7-1-6(4-11-5-12)2-8(10)3-7/h1-3H,4H2,(H,11,12). The largest absolute Gasteiger partial charge is 0.344 e. The van der Waals surface area contributed by atoms with Crippen molar-refractivity contribution in [2.24, 2.45) is 0 Å². The molecule has 0 unspecified atom stereocenters. The molecule has 1 aromatic carbocycles. The van der Waals surface area contributed by atoms with Gasteiger partial charge in [0.25, 0.3) is 0 Å². The van der Waals surface area contributed by atoms with Crippen LogP contribution in [0.5, 0.6) is 0 Å². The molecule has 0 saturated heterocycles. The van der Waals surface area contributed by atoms with Crippen LogP contribution in [0.1, 0.15) is 5.56 Å². The van der Waals surface area contributed by atoms with Crippen LogP contribution < -0.4 is 5.32 Å². The molecule has 1 rings (SSSR count). The summed E-state index contributed by atoms with van der Waals surface area (Å²) in [6.07, 6.45) is 1.41. The van der Waals surface area contributed by atoms with E-state index < -0.39 is 11.6 Å². The number of rotatable bonds is 3. The summed E-state index contributed by atoms with van der Waals surface area (Å²) in [5.41, 5.74) is 0.371. The SMILES string of the molecule is O=[C]NCc1cc(F)cc(F)c1. The first-order chi connectivity index (χ1) is 5.72. The Hall–Kier alpha value is -1.45. The third kappa shape index (κ3) is 2.30. The normalized spacial score (nSPS) is 9.50. The first-order valence-corrected chi connectivity index (χ1v) is 3.27. The molecule has 0 aromatic heterocycles. The Labute approximate surface area is 68.2 Å². The second-order valence-corrected chi connectivity index (χ2v) is 2.23. The van der Waals surface area contributed by atoms with E-state index >= 15 is 0 Å². The summed E-state index contributed by atoms with van der Waals surface area (Å²) in [6.45, 7) is 0.0815. The predicted molar refractivity (Wildman–Crippen MR) is 38.9 cm³/mol. The van der Waals surface area contributed by atoms with Crippen LogP contribution in [0.3, 0.4) is 0 Å². The van der Waals surface area contributed by atoms with Gasteiger partial charge < -0.3 is 5.32 Å². The maximum absolute atomic E-state index is 12.5. The van der Waals surface area contributed by atoms with Crippen molar-refractivity contribution in [1.29, 1.82) is 0 Å². The molecule has 1 radical (unpaired) electrons. The van der Waals surface area contributed by atoms with Crippen molar-refractivity contribution in [1.82, 2.24) is 5.32 Å². The molecule has 0 aliphatic rings. The molecule has 0 spiro atoms. The van der Waals surface area contributed by atoms with Crippen LogP contribution >= 0.6 is 0 Å². The highest BCUT2D eigenvalue weighted by molar-refractivity contribution is 5.47. The average molecular weight is 170 g/mol. The van der Waals surface area contributed by atoms with E-state index in [1.807, 2.05) is 0 Å². The lowest BCUT2D eigenvalue weighted by molar-refractivity contribution is 0.540. The molecule has 63 valence electrons. The third-order valence-corrected chi connectivity index (χ3v) is 1.29. The molecule has 0 bridgehead atoms. The van der Waals surface area contributed by atoms with E-state index in [1.165, 1.54) is 6.41 Å². The topological polar surface area (TPSA) is 29.1 Å². The number of hydrogen-bond acceptors (Lipinski definition) is 1. The van der Waals surface area contributed by atoms with Crippen molar-refractivity contribution in [2.45, 2.75) is 6.54 Å². The van der Waals surface area contributed by atoms with E-state index in [2.05, 4.69) is 5.32 Å². The molecule has 0 atom stereocenters. The van der Waals surface area contributed by atoms with Crippen LogP contribution in [0.15, 0.2) is 18.2 Å². The average Bonchev–Trinajstić information content (AvgIpc) is 1.99. The number of halogens is 2. The quantitative estimate of drug-likeness (QED) is 0.676. The predicted octanol–water partition coefficient (Wildman–Crippen LogP) is 1.12. The molecule has 12 heavy (non-hydrogen) atoms. The van der Waals surface area contributed by atoms with Gasteiger partial charge in [-0.1, -0.05) is 0 Å². The lowest BCUT2D eigenvalue weighted by Crippen LogP contribution is -2.09. The van der Waals surface area contributed by atoms with Crippen LogP contribution in [-0.2, 0) is 11.3 Å². The molecule has 0 aliphatic heterocycles. The van der Waals surface area contributed by atoms with E-state index in [4.69, 9.17) is 0 Å². The minimum atomic E-state index is -0.655. The van der Waals surface area contributed by atoms with Crippen LogP contribution in [0.25, 0.3) is 0 Å². The van der Waals surface area contributed by atoms with Crippen LogP contribution in [0.2, 0.25) is 0 Å². The van der Waals surface area contributed by atoms with Gasteiger partial charge in [0.2, 0.25) is 0 Å². The van der Waals surface area contributed by atoms with Gasteiger partial charge in [-0.25, -0.2) is 8.78 Å². The number of carbonyl (C=O) groups excluding carboxylic acids is 1. The summed E-state index contributed by atoms with van der Waals surface area (Å²) in [5.74, 6) is -1.31. The molecule has 0 saturated carbocycles. The highest BCUT2D eigenvalue weighted by atomic mass is 19.1. The van der Waals surface area contributed by atoms with E-state index in [1.54, 1.807) is 0 Å². The fourth-order valence-corrected chi connectivity index (χ4v) is 0.851. The zero-order valence-electron chi connectivity index (χ0n) is 6.10. The zero-order chi connectivity index (χ0) is 8.97. The summed E-state index contributed by atoms with van der Waals surface area (Å²) in [7, 11) is 0. The Morgan fingerprint density at radius 2 is 1.83 bits per heavy atom. The zero-order valence-corrected chi connectivity index (χ0v) is 6.10. The van der Waals surface area contributed by atoms with E-state index in [9.17, 15) is 13.6 Å². The summed E-state index contributed by atoms with van der Waals surface area (Å²) in [5, 5.41) is 2.18. The molecule has 1 aromatic rings.